The third-order valence-corrected chi connectivity index (χ3v) is 7.94. The van der Waals surface area contributed by atoms with Crippen molar-refractivity contribution in [3.63, 3.8) is 0 Å². The molecule has 6 heteroatoms. The number of nitrogens with one attached hydrogen (secondary N) is 1. The van der Waals surface area contributed by atoms with Gasteiger partial charge in [-0.3, -0.25) is 14.4 Å². The Labute approximate surface area is 212 Å². The van der Waals surface area contributed by atoms with Gasteiger partial charge in [-0.2, -0.15) is 0 Å². The average molecular weight is 489 g/mol. The molecule has 4 aromatic rings. The summed E-state index contributed by atoms with van der Waals surface area (Å²) in [4.78, 5) is 41.6. The number of carbonyl (C=O) groups excluding carboxylic acids is 3. The van der Waals surface area contributed by atoms with Crippen molar-refractivity contribution in [2.24, 2.45) is 11.8 Å². The van der Waals surface area contributed by atoms with Gasteiger partial charge in [-0.1, -0.05) is 48.5 Å². The first kappa shape index (κ1) is 21.7. The van der Waals surface area contributed by atoms with E-state index in [9.17, 15) is 18.8 Å². The second-order valence-corrected chi connectivity index (χ2v) is 9.78. The van der Waals surface area contributed by atoms with Crippen LogP contribution in [0.2, 0.25) is 0 Å². The van der Waals surface area contributed by atoms with Crippen LogP contribution in [0.5, 0.6) is 0 Å². The Kier molecular flexibility index (Phi) is 4.67. The van der Waals surface area contributed by atoms with Crippen molar-refractivity contribution < 1.29 is 18.8 Å². The number of anilines is 2. The summed E-state index contributed by atoms with van der Waals surface area (Å²) in [6.45, 7) is 0. The zero-order valence-electron chi connectivity index (χ0n) is 19.6. The number of benzene rings is 4. The fourth-order valence-electron chi connectivity index (χ4n) is 6.43. The molecule has 3 aliphatic carbocycles. The minimum Gasteiger partial charge on any atom is -0.322 e. The Bertz CT molecular complexity index is 1480. The first-order chi connectivity index (χ1) is 18.0. The maximum Gasteiger partial charge on any atom is 0.255 e. The minimum absolute atomic E-state index is 0.162. The summed E-state index contributed by atoms with van der Waals surface area (Å²) in [6.07, 6.45) is 0. The molecule has 1 aliphatic heterocycles. The standard InChI is InChI=1S/C31H21FN2O3/c32-18-11-13-19(14-12-18)33-29(35)17-9-15-20(16-10-17)34-30(36)27-25-21-5-1-2-6-22(21)26(28(27)31(34)37)24-8-4-3-7-23(24)25/h1-16,25-28H,(H,33,35)/t25?,26?,27-,28-/m0/s1. The van der Waals surface area contributed by atoms with Gasteiger partial charge in [-0.15, -0.1) is 0 Å². The Morgan fingerprint density at radius 3 is 1.57 bits per heavy atom. The molecule has 37 heavy (non-hydrogen) atoms. The number of carbonyl (C=O) groups is 3. The van der Waals surface area contributed by atoms with Crippen molar-refractivity contribution in [3.05, 3.63) is 131 Å². The van der Waals surface area contributed by atoms with Crippen LogP contribution in [0.3, 0.4) is 0 Å². The Morgan fingerprint density at radius 2 is 1.11 bits per heavy atom. The van der Waals surface area contributed by atoms with Crippen LogP contribution in [-0.2, 0) is 9.59 Å². The van der Waals surface area contributed by atoms with Gasteiger partial charge in [0.25, 0.3) is 5.91 Å². The van der Waals surface area contributed by atoms with Crippen LogP contribution in [0.25, 0.3) is 0 Å². The van der Waals surface area contributed by atoms with E-state index < -0.39 is 11.8 Å². The van der Waals surface area contributed by atoms with E-state index in [4.69, 9.17) is 0 Å². The van der Waals surface area contributed by atoms with Crippen LogP contribution in [0.4, 0.5) is 15.8 Å². The summed E-state index contributed by atoms with van der Waals surface area (Å²) in [6, 6.07) is 28.2. The topological polar surface area (TPSA) is 66.5 Å². The molecule has 1 saturated heterocycles. The zero-order valence-corrected chi connectivity index (χ0v) is 19.6. The maximum absolute atomic E-state index is 13.8. The lowest BCUT2D eigenvalue weighted by Crippen LogP contribution is -2.41. The largest absolute Gasteiger partial charge is 0.322 e. The highest BCUT2D eigenvalue weighted by Gasteiger charge is 2.61. The number of imide groups is 1. The summed E-state index contributed by atoms with van der Waals surface area (Å²) in [5.41, 5.74) is 5.80. The lowest BCUT2D eigenvalue weighted by atomic mass is 9.55. The predicted octanol–water partition coefficient (Wildman–Crippen LogP) is 5.47. The summed E-state index contributed by atoms with van der Waals surface area (Å²) in [7, 11) is 0. The number of amides is 3. The van der Waals surface area contributed by atoms with Crippen molar-refractivity contribution >= 4 is 29.1 Å². The fraction of sp³-hybridized carbons (Fsp3) is 0.129. The highest BCUT2D eigenvalue weighted by molar-refractivity contribution is 6.23. The van der Waals surface area contributed by atoms with E-state index >= 15 is 0 Å². The molecule has 0 unspecified atom stereocenters. The number of hydrogen-bond donors (Lipinski definition) is 1. The van der Waals surface area contributed by atoms with Crippen molar-refractivity contribution in [1.29, 1.82) is 0 Å². The van der Waals surface area contributed by atoms with Crippen molar-refractivity contribution in [2.45, 2.75) is 11.8 Å². The van der Waals surface area contributed by atoms with E-state index in [1.807, 2.05) is 24.3 Å². The number of halogens is 1. The molecule has 3 amide bonds. The third-order valence-electron chi connectivity index (χ3n) is 7.94. The van der Waals surface area contributed by atoms with Gasteiger partial charge in [0.2, 0.25) is 11.8 Å². The van der Waals surface area contributed by atoms with Gasteiger partial charge >= 0.3 is 0 Å². The lowest BCUT2D eigenvalue weighted by molar-refractivity contribution is -0.122. The molecule has 180 valence electrons. The average Bonchev–Trinajstić information content (AvgIpc) is 3.20. The van der Waals surface area contributed by atoms with Crippen LogP contribution >= 0.6 is 0 Å². The second-order valence-electron chi connectivity index (χ2n) is 9.78. The highest BCUT2D eigenvalue weighted by Crippen LogP contribution is 2.61. The molecule has 4 aliphatic rings. The zero-order chi connectivity index (χ0) is 25.3. The normalized spacial score (nSPS) is 22.9. The van der Waals surface area contributed by atoms with Gasteiger partial charge in [-0.25, -0.2) is 9.29 Å². The molecule has 2 atom stereocenters. The van der Waals surface area contributed by atoms with Gasteiger partial charge in [0, 0.05) is 23.1 Å². The van der Waals surface area contributed by atoms with Gasteiger partial charge < -0.3 is 5.32 Å². The molecule has 2 bridgehead atoms. The van der Waals surface area contributed by atoms with Crippen molar-refractivity contribution in [2.75, 3.05) is 10.2 Å². The van der Waals surface area contributed by atoms with E-state index in [1.54, 1.807) is 24.3 Å². The lowest BCUT2D eigenvalue weighted by Gasteiger charge is -2.45. The molecule has 0 radical (unpaired) electrons. The molecule has 5 nitrogen and oxygen atoms in total. The summed E-state index contributed by atoms with van der Waals surface area (Å²) < 4.78 is 13.1. The SMILES string of the molecule is O=C(Nc1ccc(F)cc1)c1ccc(N2C(=O)[C@H]3C4c5ccccc5C(c5ccccc54)[C@@H]3C2=O)cc1. The molecule has 0 spiro atoms. The van der Waals surface area contributed by atoms with Crippen LogP contribution in [0.15, 0.2) is 97.1 Å². The van der Waals surface area contributed by atoms with E-state index in [2.05, 4.69) is 29.6 Å². The van der Waals surface area contributed by atoms with Crippen LogP contribution in [0.1, 0.15) is 44.4 Å². The van der Waals surface area contributed by atoms with Crippen LogP contribution in [0, 0.1) is 17.7 Å². The summed E-state index contributed by atoms with van der Waals surface area (Å²) >= 11 is 0. The molecule has 0 saturated carbocycles. The number of hydrogen-bond acceptors (Lipinski definition) is 3. The first-order valence-electron chi connectivity index (χ1n) is 12.3. The van der Waals surface area contributed by atoms with E-state index in [1.165, 1.54) is 29.2 Å². The number of nitrogens with zero attached hydrogens (tertiary/aromatic N) is 1. The molecule has 0 aromatic heterocycles. The van der Waals surface area contributed by atoms with Gasteiger partial charge in [0.1, 0.15) is 5.82 Å². The monoisotopic (exact) mass is 488 g/mol. The van der Waals surface area contributed by atoms with E-state index in [0.717, 1.165) is 22.3 Å². The second kappa shape index (κ2) is 7.96. The molecule has 1 heterocycles. The summed E-state index contributed by atoms with van der Waals surface area (Å²) in [5, 5.41) is 2.72. The minimum atomic E-state index is -0.455. The third kappa shape index (κ3) is 3.12. The highest BCUT2D eigenvalue weighted by atomic mass is 19.1. The van der Waals surface area contributed by atoms with Gasteiger partial charge in [0.15, 0.2) is 0 Å². The van der Waals surface area contributed by atoms with Crippen molar-refractivity contribution in [1.82, 2.24) is 0 Å². The van der Waals surface area contributed by atoms with Crippen molar-refractivity contribution in [3.8, 4) is 0 Å². The Hall–Kier alpha value is -4.58. The molecule has 1 fully saturated rings. The maximum atomic E-state index is 13.8. The fourth-order valence-corrected chi connectivity index (χ4v) is 6.43. The van der Waals surface area contributed by atoms with E-state index in [0.29, 0.717) is 16.9 Å². The summed E-state index contributed by atoms with van der Waals surface area (Å²) in [5.74, 6) is -2.38. The van der Waals surface area contributed by atoms with Gasteiger partial charge in [-0.05, 0) is 70.8 Å². The van der Waals surface area contributed by atoms with Crippen LogP contribution < -0.4 is 10.2 Å². The Morgan fingerprint density at radius 1 is 0.649 bits per heavy atom. The molecule has 1 N–H and O–H groups in total. The molecule has 4 aromatic carbocycles. The smallest absolute Gasteiger partial charge is 0.255 e. The van der Waals surface area contributed by atoms with Crippen LogP contribution in [-0.4, -0.2) is 17.7 Å². The first-order valence-corrected chi connectivity index (χ1v) is 12.3. The Balaban J connectivity index is 1.21. The molecular formula is C31H21FN2O3. The molecular weight excluding hydrogens is 467 g/mol. The van der Waals surface area contributed by atoms with Gasteiger partial charge in [0.05, 0.1) is 17.5 Å². The quantitative estimate of drug-likeness (QED) is 0.389. The molecule has 8 rings (SSSR count). The predicted molar refractivity (Wildman–Crippen MR) is 137 cm³/mol. The number of rotatable bonds is 3. The van der Waals surface area contributed by atoms with E-state index in [-0.39, 0.29) is 35.4 Å².